The number of thiazole rings is 1. The molecular formula is C8H11N3O2S. The highest BCUT2D eigenvalue weighted by Crippen LogP contribution is 2.48. The van der Waals surface area contributed by atoms with Crippen LogP contribution in [-0.4, -0.2) is 27.8 Å². The number of primary amides is 1. The smallest absolute Gasteiger partial charge is 0.338 e. The lowest BCUT2D eigenvalue weighted by molar-refractivity contribution is -0.0431. The molecule has 0 bridgehead atoms. The minimum Gasteiger partial charge on any atom is -0.350 e. The van der Waals surface area contributed by atoms with Crippen molar-refractivity contribution in [3.63, 3.8) is 0 Å². The number of urea groups is 1. The van der Waals surface area contributed by atoms with Crippen molar-refractivity contribution in [1.29, 1.82) is 0 Å². The number of rotatable bonds is 3. The van der Waals surface area contributed by atoms with E-state index in [1.54, 1.807) is 17.5 Å². The average molecular weight is 213 g/mol. The van der Waals surface area contributed by atoms with E-state index in [0.717, 1.165) is 11.4 Å². The molecule has 1 heterocycles. The van der Waals surface area contributed by atoms with Crippen LogP contribution in [0.15, 0.2) is 11.6 Å². The van der Waals surface area contributed by atoms with Gasteiger partial charge in [0.15, 0.2) is 0 Å². The predicted molar refractivity (Wildman–Crippen MR) is 51.0 cm³/mol. The van der Waals surface area contributed by atoms with Gasteiger partial charge in [0.2, 0.25) is 0 Å². The summed E-state index contributed by atoms with van der Waals surface area (Å²) in [7, 11) is 0. The normalized spacial score (nSPS) is 24.6. The second-order valence-corrected chi connectivity index (χ2v) is 4.32. The van der Waals surface area contributed by atoms with Gasteiger partial charge in [0.1, 0.15) is 0 Å². The van der Waals surface area contributed by atoms with Crippen LogP contribution in [0.5, 0.6) is 0 Å². The molecule has 3 N–H and O–H groups in total. The Kier molecular flexibility index (Phi) is 2.39. The molecule has 5 nitrogen and oxygen atoms in total. The Hall–Kier alpha value is -1.14. The van der Waals surface area contributed by atoms with Crippen molar-refractivity contribution in [2.75, 3.05) is 6.54 Å². The van der Waals surface area contributed by atoms with Crippen molar-refractivity contribution in [3.8, 4) is 0 Å². The quantitative estimate of drug-likeness (QED) is 0.581. The van der Waals surface area contributed by atoms with Crippen LogP contribution >= 0.6 is 11.3 Å². The van der Waals surface area contributed by atoms with Gasteiger partial charge < -0.3 is 5.73 Å². The van der Waals surface area contributed by atoms with Crippen molar-refractivity contribution in [3.05, 3.63) is 16.6 Å². The molecule has 2 amide bonds. The SMILES string of the molecule is NC(=O)N(O)C[C@@H]1C[C@H]1c1nccs1. The molecule has 1 aliphatic carbocycles. The molecule has 2 rings (SSSR count). The second kappa shape index (κ2) is 3.55. The maximum absolute atomic E-state index is 10.5. The summed E-state index contributed by atoms with van der Waals surface area (Å²) < 4.78 is 0. The molecule has 2 atom stereocenters. The van der Waals surface area contributed by atoms with Gasteiger partial charge in [0.05, 0.1) is 11.6 Å². The van der Waals surface area contributed by atoms with Gasteiger partial charge >= 0.3 is 6.03 Å². The molecule has 1 aromatic rings. The van der Waals surface area contributed by atoms with E-state index in [-0.39, 0.29) is 0 Å². The third-order valence-corrected chi connectivity index (χ3v) is 3.26. The van der Waals surface area contributed by atoms with Gasteiger partial charge in [0.25, 0.3) is 0 Å². The summed E-state index contributed by atoms with van der Waals surface area (Å²) in [5, 5.41) is 12.7. The van der Waals surface area contributed by atoms with Crippen LogP contribution in [0, 0.1) is 5.92 Å². The van der Waals surface area contributed by atoms with Crippen LogP contribution in [0.25, 0.3) is 0 Å². The first-order valence-corrected chi connectivity index (χ1v) is 5.21. The standard InChI is InChI=1S/C8H11N3O2S/c9-8(12)11(13)4-5-3-6(5)7-10-1-2-14-7/h1-2,5-6,13H,3-4H2,(H2,9,12)/t5-,6+/m0/s1. The third kappa shape index (κ3) is 1.85. The lowest BCUT2D eigenvalue weighted by Gasteiger charge is -2.10. The number of carbonyl (C=O) groups excluding carboxylic acids is 1. The van der Waals surface area contributed by atoms with Crippen LogP contribution in [0.1, 0.15) is 17.3 Å². The molecule has 6 heteroatoms. The molecule has 0 aliphatic heterocycles. The molecule has 0 spiro atoms. The summed E-state index contributed by atoms with van der Waals surface area (Å²) in [6.07, 6.45) is 2.73. The third-order valence-electron chi connectivity index (χ3n) is 2.35. The Morgan fingerprint density at radius 2 is 2.64 bits per heavy atom. The summed E-state index contributed by atoms with van der Waals surface area (Å²) in [6, 6.07) is -0.796. The van der Waals surface area contributed by atoms with Crippen LogP contribution < -0.4 is 5.73 Å². The number of amides is 2. The van der Waals surface area contributed by atoms with Crippen LogP contribution in [0.3, 0.4) is 0 Å². The zero-order valence-corrected chi connectivity index (χ0v) is 8.28. The summed E-state index contributed by atoms with van der Waals surface area (Å²) in [5.74, 6) is 0.697. The zero-order valence-electron chi connectivity index (χ0n) is 7.46. The first-order valence-electron chi connectivity index (χ1n) is 4.33. The molecule has 14 heavy (non-hydrogen) atoms. The van der Waals surface area contributed by atoms with Gasteiger partial charge in [-0.1, -0.05) is 0 Å². The number of aromatic nitrogens is 1. The van der Waals surface area contributed by atoms with Crippen molar-refractivity contribution >= 4 is 17.4 Å². The molecule has 0 radical (unpaired) electrons. The Labute approximate surface area is 85.1 Å². The number of nitrogens with zero attached hydrogens (tertiary/aromatic N) is 2. The molecule has 76 valence electrons. The van der Waals surface area contributed by atoms with Crippen molar-refractivity contribution in [2.45, 2.75) is 12.3 Å². The van der Waals surface area contributed by atoms with E-state index in [1.807, 2.05) is 5.38 Å². The Balaban J connectivity index is 1.85. The van der Waals surface area contributed by atoms with E-state index >= 15 is 0 Å². The van der Waals surface area contributed by atoms with Gasteiger partial charge in [-0.15, -0.1) is 11.3 Å². The Morgan fingerprint density at radius 1 is 1.86 bits per heavy atom. The highest BCUT2D eigenvalue weighted by Gasteiger charge is 2.41. The lowest BCUT2D eigenvalue weighted by Crippen LogP contribution is -2.34. The van der Waals surface area contributed by atoms with E-state index in [9.17, 15) is 4.79 Å². The first-order chi connectivity index (χ1) is 6.68. The molecule has 0 unspecified atom stereocenters. The molecule has 0 aromatic carbocycles. The zero-order chi connectivity index (χ0) is 10.1. The van der Waals surface area contributed by atoms with Gasteiger partial charge in [-0.2, -0.15) is 0 Å². The monoisotopic (exact) mass is 213 g/mol. The highest BCUT2D eigenvalue weighted by molar-refractivity contribution is 7.09. The van der Waals surface area contributed by atoms with E-state index in [4.69, 9.17) is 10.9 Å². The molecule has 1 saturated carbocycles. The van der Waals surface area contributed by atoms with Gasteiger partial charge in [-0.05, 0) is 12.3 Å². The topological polar surface area (TPSA) is 79.5 Å². The fourth-order valence-electron chi connectivity index (χ4n) is 1.48. The maximum atomic E-state index is 10.5. The van der Waals surface area contributed by atoms with Gasteiger partial charge in [0, 0.05) is 17.5 Å². The largest absolute Gasteiger partial charge is 0.350 e. The van der Waals surface area contributed by atoms with Crippen LogP contribution in [-0.2, 0) is 0 Å². The molecule has 1 fully saturated rings. The van der Waals surface area contributed by atoms with Crippen molar-refractivity contribution < 1.29 is 10.0 Å². The molecule has 1 aliphatic rings. The fourth-order valence-corrected chi connectivity index (χ4v) is 2.33. The fraction of sp³-hybridized carbons (Fsp3) is 0.500. The summed E-state index contributed by atoms with van der Waals surface area (Å²) >= 11 is 1.61. The summed E-state index contributed by atoms with van der Waals surface area (Å²) in [6.45, 7) is 0.305. The summed E-state index contributed by atoms with van der Waals surface area (Å²) in [4.78, 5) is 14.7. The maximum Gasteiger partial charge on any atom is 0.338 e. The molecular weight excluding hydrogens is 202 g/mol. The predicted octanol–water partition coefficient (Wildman–Crippen LogP) is 1.02. The second-order valence-electron chi connectivity index (χ2n) is 3.39. The highest BCUT2D eigenvalue weighted by atomic mass is 32.1. The molecule has 1 aromatic heterocycles. The first kappa shape index (κ1) is 9.42. The lowest BCUT2D eigenvalue weighted by atomic mass is 10.3. The van der Waals surface area contributed by atoms with Crippen LogP contribution in [0.2, 0.25) is 0 Å². The van der Waals surface area contributed by atoms with E-state index < -0.39 is 6.03 Å². The van der Waals surface area contributed by atoms with Gasteiger partial charge in [-0.3, -0.25) is 5.21 Å². The number of carbonyl (C=O) groups is 1. The van der Waals surface area contributed by atoms with Gasteiger partial charge in [-0.25, -0.2) is 14.8 Å². The minimum absolute atomic E-state index is 0.304. The van der Waals surface area contributed by atoms with E-state index in [1.165, 1.54) is 0 Å². The number of hydrogen-bond acceptors (Lipinski definition) is 4. The Bertz CT molecular complexity index is 327. The number of nitrogens with two attached hydrogens (primary N) is 1. The van der Waals surface area contributed by atoms with Crippen molar-refractivity contribution in [2.24, 2.45) is 11.7 Å². The number of hydroxylamine groups is 2. The van der Waals surface area contributed by atoms with E-state index in [0.29, 0.717) is 23.4 Å². The average Bonchev–Trinajstić information content (AvgIpc) is 2.70. The summed E-state index contributed by atoms with van der Waals surface area (Å²) in [5.41, 5.74) is 4.90. The number of hydrogen-bond donors (Lipinski definition) is 2. The molecule has 0 saturated heterocycles. The van der Waals surface area contributed by atoms with E-state index in [2.05, 4.69) is 4.98 Å². The minimum atomic E-state index is -0.796. The van der Waals surface area contributed by atoms with Crippen molar-refractivity contribution in [1.82, 2.24) is 10.0 Å². The van der Waals surface area contributed by atoms with Crippen LogP contribution in [0.4, 0.5) is 4.79 Å². The Morgan fingerprint density at radius 3 is 3.21 bits per heavy atom.